The van der Waals surface area contributed by atoms with Crippen LogP contribution in [0.3, 0.4) is 0 Å². The van der Waals surface area contributed by atoms with Crippen molar-refractivity contribution in [3.05, 3.63) is 29.3 Å². The highest BCUT2D eigenvalue weighted by molar-refractivity contribution is 5.79. The molecule has 1 aliphatic carbocycles. The lowest BCUT2D eigenvalue weighted by Gasteiger charge is -2.42. The van der Waals surface area contributed by atoms with Gasteiger partial charge in [-0.05, 0) is 48.8 Å². The van der Waals surface area contributed by atoms with E-state index in [0.717, 1.165) is 43.4 Å². The molecule has 0 atom stereocenters. The van der Waals surface area contributed by atoms with Gasteiger partial charge in [-0.1, -0.05) is 18.6 Å². The number of aryl methyl sites for hydroxylation is 1. The van der Waals surface area contributed by atoms with E-state index in [0.29, 0.717) is 5.41 Å². The van der Waals surface area contributed by atoms with Gasteiger partial charge < -0.3 is 20.1 Å². The zero-order chi connectivity index (χ0) is 17.4. The van der Waals surface area contributed by atoms with Gasteiger partial charge in [-0.25, -0.2) is 0 Å². The van der Waals surface area contributed by atoms with Crippen molar-refractivity contribution in [2.45, 2.75) is 39.2 Å². The Labute approximate surface area is 145 Å². The first-order valence-electron chi connectivity index (χ1n) is 8.69. The van der Waals surface area contributed by atoms with Crippen molar-refractivity contribution in [1.82, 2.24) is 10.6 Å². The lowest BCUT2D eigenvalue weighted by molar-refractivity contribution is 0.0732. The Balaban J connectivity index is 1.83. The van der Waals surface area contributed by atoms with Crippen LogP contribution in [0.2, 0.25) is 0 Å². The first-order chi connectivity index (χ1) is 11.6. The third-order valence-corrected chi connectivity index (χ3v) is 5.02. The molecule has 0 saturated heterocycles. The van der Waals surface area contributed by atoms with Gasteiger partial charge in [0.1, 0.15) is 5.75 Å². The van der Waals surface area contributed by atoms with Gasteiger partial charge in [0.05, 0.1) is 7.11 Å². The first-order valence-corrected chi connectivity index (χ1v) is 8.69. The molecule has 1 saturated carbocycles. The Hall–Kier alpha value is -1.75. The van der Waals surface area contributed by atoms with E-state index in [9.17, 15) is 0 Å². The second kappa shape index (κ2) is 8.92. The van der Waals surface area contributed by atoms with Crippen molar-refractivity contribution in [3.63, 3.8) is 0 Å². The van der Waals surface area contributed by atoms with Crippen LogP contribution in [-0.4, -0.2) is 40.4 Å². The second-order valence-corrected chi connectivity index (χ2v) is 6.68. The molecule has 1 aromatic rings. The summed E-state index contributed by atoms with van der Waals surface area (Å²) in [4.78, 5) is 4.34. The van der Waals surface area contributed by atoms with E-state index >= 15 is 0 Å². The molecule has 5 nitrogen and oxygen atoms in total. The van der Waals surface area contributed by atoms with E-state index in [-0.39, 0.29) is 0 Å². The number of rotatable bonds is 8. The predicted molar refractivity (Wildman–Crippen MR) is 98.7 cm³/mol. The molecule has 134 valence electrons. The van der Waals surface area contributed by atoms with E-state index in [1.54, 1.807) is 14.2 Å². The number of nitrogens with zero attached hydrogens (tertiary/aromatic N) is 1. The molecule has 5 heteroatoms. The minimum absolute atomic E-state index is 0.379. The number of hydrogen-bond donors (Lipinski definition) is 2. The Morgan fingerprint density at radius 2 is 2.04 bits per heavy atom. The number of guanidine groups is 1. The van der Waals surface area contributed by atoms with Crippen molar-refractivity contribution in [2.75, 3.05) is 34.4 Å². The SMILES string of the molecule is CN=C(NCc1ccc(OC)c(C)c1)NCC1(CCOC)CCC1. The standard InChI is InChI=1S/C19H31N3O2/c1-15-12-16(6-7-17(15)24-4)13-21-18(20-2)22-14-19(8-5-9-19)10-11-23-3/h6-7,12H,5,8-11,13-14H2,1-4H3,(H2,20,21,22). The fourth-order valence-electron chi connectivity index (χ4n) is 3.24. The lowest BCUT2D eigenvalue weighted by Crippen LogP contribution is -2.46. The summed E-state index contributed by atoms with van der Waals surface area (Å²) in [6.07, 6.45) is 4.99. The summed E-state index contributed by atoms with van der Waals surface area (Å²) in [5.74, 6) is 1.78. The van der Waals surface area contributed by atoms with Gasteiger partial charge in [-0.15, -0.1) is 0 Å². The average Bonchev–Trinajstić information content (AvgIpc) is 2.56. The summed E-state index contributed by atoms with van der Waals surface area (Å²) in [6.45, 7) is 4.59. The highest BCUT2D eigenvalue weighted by Gasteiger charge is 2.36. The number of nitrogens with one attached hydrogen (secondary N) is 2. The normalized spacial score (nSPS) is 16.4. The molecule has 0 spiro atoms. The summed E-state index contributed by atoms with van der Waals surface area (Å²) in [5, 5.41) is 6.88. The van der Waals surface area contributed by atoms with Crippen LogP contribution in [0.1, 0.15) is 36.8 Å². The molecular weight excluding hydrogens is 302 g/mol. The Morgan fingerprint density at radius 1 is 1.25 bits per heavy atom. The monoisotopic (exact) mass is 333 g/mol. The zero-order valence-corrected chi connectivity index (χ0v) is 15.4. The fraction of sp³-hybridized carbons (Fsp3) is 0.632. The lowest BCUT2D eigenvalue weighted by atomic mass is 9.67. The largest absolute Gasteiger partial charge is 0.496 e. The minimum atomic E-state index is 0.379. The van der Waals surface area contributed by atoms with Gasteiger partial charge in [0.25, 0.3) is 0 Å². The molecule has 1 aliphatic rings. The molecule has 0 amide bonds. The molecule has 0 bridgehead atoms. The van der Waals surface area contributed by atoms with Crippen LogP contribution in [0.5, 0.6) is 5.75 Å². The molecule has 0 radical (unpaired) electrons. The minimum Gasteiger partial charge on any atom is -0.496 e. The van der Waals surface area contributed by atoms with Crippen LogP contribution in [0.4, 0.5) is 0 Å². The Morgan fingerprint density at radius 3 is 2.58 bits per heavy atom. The van der Waals surface area contributed by atoms with Crippen molar-refractivity contribution < 1.29 is 9.47 Å². The number of hydrogen-bond acceptors (Lipinski definition) is 3. The van der Waals surface area contributed by atoms with Crippen LogP contribution in [0, 0.1) is 12.3 Å². The van der Waals surface area contributed by atoms with Crippen molar-refractivity contribution >= 4 is 5.96 Å². The highest BCUT2D eigenvalue weighted by Crippen LogP contribution is 2.43. The Bertz CT molecular complexity index is 554. The van der Waals surface area contributed by atoms with E-state index < -0.39 is 0 Å². The molecule has 24 heavy (non-hydrogen) atoms. The summed E-state index contributed by atoms with van der Waals surface area (Å²) in [6, 6.07) is 6.24. The molecular formula is C19H31N3O2. The summed E-state index contributed by atoms with van der Waals surface area (Å²) < 4.78 is 10.6. The smallest absolute Gasteiger partial charge is 0.191 e. The van der Waals surface area contributed by atoms with Gasteiger partial charge in [0.15, 0.2) is 5.96 Å². The third kappa shape index (κ3) is 4.87. The van der Waals surface area contributed by atoms with E-state index in [4.69, 9.17) is 9.47 Å². The molecule has 0 aliphatic heterocycles. The number of aliphatic imine (C=N–C) groups is 1. The quantitative estimate of drug-likeness (QED) is 0.567. The maximum absolute atomic E-state index is 5.31. The van der Waals surface area contributed by atoms with E-state index in [2.05, 4.69) is 34.7 Å². The topological polar surface area (TPSA) is 54.9 Å². The second-order valence-electron chi connectivity index (χ2n) is 6.68. The van der Waals surface area contributed by atoms with Crippen LogP contribution in [0.15, 0.2) is 23.2 Å². The fourth-order valence-corrected chi connectivity index (χ4v) is 3.24. The maximum Gasteiger partial charge on any atom is 0.191 e. The maximum atomic E-state index is 5.31. The number of benzene rings is 1. The average molecular weight is 333 g/mol. The van der Waals surface area contributed by atoms with Crippen LogP contribution in [0.25, 0.3) is 0 Å². The van der Waals surface area contributed by atoms with Crippen molar-refractivity contribution in [2.24, 2.45) is 10.4 Å². The molecule has 0 unspecified atom stereocenters. The summed E-state index contributed by atoms with van der Waals surface area (Å²) in [7, 11) is 5.29. The third-order valence-electron chi connectivity index (χ3n) is 5.02. The zero-order valence-electron chi connectivity index (χ0n) is 15.4. The molecule has 1 fully saturated rings. The van der Waals surface area contributed by atoms with Crippen LogP contribution in [-0.2, 0) is 11.3 Å². The molecule has 2 rings (SSSR count). The van der Waals surface area contributed by atoms with Gasteiger partial charge in [-0.2, -0.15) is 0 Å². The van der Waals surface area contributed by atoms with E-state index in [1.165, 1.54) is 24.8 Å². The molecule has 0 heterocycles. The Kier molecular flexibility index (Phi) is 6.91. The van der Waals surface area contributed by atoms with Gasteiger partial charge >= 0.3 is 0 Å². The highest BCUT2D eigenvalue weighted by atomic mass is 16.5. The van der Waals surface area contributed by atoms with Gasteiger partial charge in [0.2, 0.25) is 0 Å². The summed E-state index contributed by atoms with van der Waals surface area (Å²) in [5.41, 5.74) is 2.74. The summed E-state index contributed by atoms with van der Waals surface area (Å²) >= 11 is 0. The van der Waals surface area contributed by atoms with Crippen molar-refractivity contribution in [1.29, 1.82) is 0 Å². The van der Waals surface area contributed by atoms with Gasteiger partial charge in [-0.3, -0.25) is 4.99 Å². The first kappa shape index (κ1) is 18.6. The van der Waals surface area contributed by atoms with Crippen molar-refractivity contribution in [3.8, 4) is 5.75 Å². The molecule has 0 aromatic heterocycles. The molecule has 2 N–H and O–H groups in total. The van der Waals surface area contributed by atoms with Gasteiger partial charge in [0, 0.05) is 33.9 Å². The number of ether oxygens (including phenoxy) is 2. The molecule has 1 aromatic carbocycles. The predicted octanol–water partition coefficient (Wildman–Crippen LogP) is 2.88. The number of methoxy groups -OCH3 is 2. The van der Waals surface area contributed by atoms with Crippen LogP contribution >= 0.6 is 0 Å². The van der Waals surface area contributed by atoms with E-state index in [1.807, 2.05) is 13.1 Å². The van der Waals surface area contributed by atoms with Crippen LogP contribution < -0.4 is 15.4 Å².